The molecule has 0 aromatic carbocycles. The lowest BCUT2D eigenvalue weighted by Gasteiger charge is -2.04. The molecule has 0 bridgehead atoms. The standard InChI is InChI=1S/C12H13N3OS2/c13-10-4-1-5-14-12(10)18-8-11(16)15-7-9-3-2-6-17-9/h1-6H,7-8,13H2,(H,15,16). The van der Waals surface area contributed by atoms with Crippen LogP contribution in [0.1, 0.15) is 4.88 Å². The number of hydrogen-bond acceptors (Lipinski definition) is 5. The number of nitrogen functional groups attached to an aromatic ring is 1. The molecule has 0 aliphatic rings. The van der Waals surface area contributed by atoms with Gasteiger partial charge >= 0.3 is 0 Å². The number of anilines is 1. The predicted octanol–water partition coefficient (Wildman–Crippen LogP) is 2.13. The number of nitrogens with zero attached hydrogens (tertiary/aromatic N) is 1. The highest BCUT2D eigenvalue weighted by atomic mass is 32.2. The highest BCUT2D eigenvalue weighted by molar-refractivity contribution is 8.00. The Hall–Kier alpha value is -1.53. The highest BCUT2D eigenvalue weighted by Crippen LogP contribution is 2.21. The normalized spacial score (nSPS) is 10.2. The number of carbonyl (C=O) groups excluding carboxylic acids is 1. The van der Waals surface area contributed by atoms with Gasteiger partial charge in [0.25, 0.3) is 0 Å². The van der Waals surface area contributed by atoms with Gasteiger partial charge in [-0.05, 0) is 23.6 Å². The average Bonchev–Trinajstić information content (AvgIpc) is 2.88. The van der Waals surface area contributed by atoms with Crippen molar-refractivity contribution in [3.05, 3.63) is 40.7 Å². The summed E-state index contributed by atoms with van der Waals surface area (Å²) < 4.78 is 0. The Kier molecular flexibility index (Phi) is 4.60. The number of nitrogens with one attached hydrogen (secondary N) is 1. The maximum atomic E-state index is 11.6. The molecule has 0 unspecified atom stereocenters. The van der Waals surface area contributed by atoms with Crippen LogP contribution in [0.25, 0.3) is 0 Å². The van der Waals surface area contributed by atoms with Crippen molar-refractivity contribution in [3.63, 3.8) is 0 Å². The Morgan fingerprint density at radius 3 is 3.06 bits per heavy atom. The number of thioether (sulfide) groups is 1. The zero-order valence-electron chi connectivity index (χ0n) is 9.63. The second kappa shape index (κ2) is 6.42. The zero-order chi connectivity index (χ0) is 12.8. The molecule has 4 nitrogen and oxygen atoms in total. The van der Waals surface area contributed by atoms with Gasteiger partial charge in [-0.2, -0.15) is 0 Å². The molecule has 6 heteroatoms. The van der Waals surface area contributed by atoms with Crippen LogP contribution < -0.4 is 11.1 Å². The third-order valence-electron chi connectivity index (χ3n) is 2.18. The van der Waals surface area contributed by atoms with E-state index in [2.05, 4.69) is 10.3 Å². The predicted molar refractivity (Wildman–Crippen MR) is 75.5 cm³/mol. The summed E-state index contributed by atoms with van der Waals surface area (Å²) in [6.07, 6.45) is 1.67. The van der Waals surface area contributed by atoms with E-state index in [4.69, 9.17) is 5.73 Å². The van der Waals surface area contributed by atoms with Gasteiger partial charge in [0.05, 0.1) is 18.0 Å². The third-order valence-corrected chi connectivity index (χ3v) is 4.08. The molecular formula is C12H13N3OS2. The summed E-state index contributed by atoms with van der Waals surface area (Å²) in [6.45, 7) is 0.578. The van der Waals surface area contributed by atoms with Crippen molar-refractivity contribution < 1.29 is 4.79 Å². The summed E-state index contributed by atoms with van der Waals surface area (Å²) in [6, 6.07) is 7.51. The quantitative estimate of drug-likeness (QED) is 0.823. The fourth-order valence-corrected chi connectivity index (χ4v) is 2.69. The maximum Gasteiger partial charge on any atom is 0.230 e. The van der Waals surface area contributed by atoms with Crippen LogP contribution in [-0.2, 0) is 11.3 Å². The molecule has 0 atom stereocenters. The molecule has 18 heavy (non-hydrogen) atoms. The van der Waals surface area contributed by atoms with Crippen molar-refractivity contribution in [3.8, 4) is 0 Å². The maximum absolute atomic E-state index is 11.6. The van der Waals surface area contributed by atoms with Gasteiger partial charge in [0, 0.05) is 11.1 Å². The summed E-state index contributed by atoms with van der Waals surface area (Å²) in [5, 5.41) is 5.55. The Morgan fingerprint density at radius 1 is 1.44 bits per heavy atom. The first-order chi connectivity index (χ1) is 8.75. The van der Waals surface area contributed by atoms with Gasteiger partial charge in [0.2, 0.25) is 5.91 Å². The Balaban J connectivity index is 1.77. The van der Waals surface area contributed by atoms with Crippen molar-refractivity contribution in [1.29, 1.82) is 0 Å². The summed E-state index contributed by atoms with van der Waals surface area (Å²) in [7, 11) is 0. The van der Waals surface area contributed by atoms with Crippen LogP contribution in [0.2, 0.25) is 0 Å². The summed E-state index contributed by atoms with van der Waals surface area (Å²) in [5.74, 6) is 0.311. The van der Waals surface area contributed by atoms with Gasteiger partial charge in [-0.1, -0.05) is 17.8 Å². The smallest absolute Gasteiger partial charge is 0.230 e. The van der Waals surface area contributed by atoms with Crippen LogP contribution in [-0.4, -0.2) is 16.6 Å². The van der Waals surface area contributed by atoms with Crippen molar-refractivity contribution >= 4 is 34.7 Å². The first kappa shape index (κ1) is 12.9. The molecule has 0 aliphatic carbocycles. The molecule has 0 saturated heterocycles. The molecule has 3 N–H and O–H groups in total. The van der Waals surface area contributed by atoms with E-state index in [1.54, 1.807) is 29.7 Å². The van der Waals surface area contributed by atoms with E-state index in [1.165, 1.54) is 11.8 Å². The van der Waals surface area contributed by atoms with Crippen molar-refractivity contribution in [2.45, 2.75) is 11.6 Å². The Labute approximate surface area is 114 Å². The number of pyridine rings is 1. The molecule has 1 amide bonds. The molecular weight excluding hydrogens is 266 g/mol. The van der Waals surface area contributed by atoms with Crippen LogP contribution in [0.4, 0.5) is 5.69 Å². The summed E-state index contributed by atoms with van der Waals surface area (Å²) in [5.41, 5.74) is 6.35. The van der Waals surface area contributed by atoms with E-state index >= 15 is 0 Å². The number of rotatable bonds is 5. The average molecular weight is 279 g/mol. The second-order valence-corrected chi connectivity index (χ2v) is 5.54. The fraction of sp³-hybridized carbons (Fsp3) is 0.167. The van der Waals surface area contributed by atoms with Gasteiger partial charge in [0.15, 0.2) is 0 Å². The molecule has 2 aromatic rings. The van der Waals surface area contributed by atoms with E-state index in [0.717, 1.165) is 4.88 Å². The van der Waals surface area contributed by atoms with Crippen molar-refractivity contribution in [1.82, 2.24) is 10.3 Å². The van der Waals surface area contributed by atoms with Crippen LogP contribution in [0.3, 0.4) is 0 Å². The first-order valence-corrected chi connectivity index (χ1v) is 7.24. The third kappa shape index (κ3) is 3.75. The van der Waals surface area contributed by atoms with E-state index in [1.807, 2.05) is 17.5 Å². The molecule has 2 aromatic heterocycles. The summed E-state index contributed by atoms with van der Waals surface area (Å²) >= 11 is 2.98. The Bertz CT molecular complexity index is 514. The molecule has 2 rings (SSSR count). The van der Waals surface area contributed by atoms with Crippen molar-refractivity contribution in [2.24, 2.45) is 0 Å². The molecule has 94 valence electrons. The minimum atomic E-state index is -0.0153. The zero-order valence-corrected chi connectivity index (χ0v) is 11.3. The number of carbonyl (C=O) groups is 1. The number of hydrogen-bond donors (Lipinski definition) is 2. The number of aromatic nitrogens is 1. The van der Waals surface area contributed by atoms with Crippen LogP contribution in [0, 0.1) is 0 Å². The molecule has 0 spiro atoms. The van der Waals surface area contributed by atoms with Crippen molar-refractivity contribution in [2.75, 3.05) is 11.5 Å². The first-order valence-electron chi connectivity index (χ1n) is 5.38. The van der Waals surface area contributed by atoms with E-state index in [0.29, 0.717) is 23.0 Å². The topological polar surface area (TPSA) is 68.0 Å². The van der Waals surface area contributed by atoms with Crippen LogP contribution in [0.5, 0.6) is 0 Å². The SMILES string of the molecule is Nc1cccnc1SCC(=O)NCc1cccs1. The lowest BCUT2D eigenvalue weighted by molar-refractivity contribution is -0.118. The number of thiophene rings is 1. The molecule has 0 saturated carbocycles. The number of amides is 1. The molecule has 0 fully saturated rings. The second-order valence-electron chi connectivity index (χ2n) is 3.54. The van der Waals surface area contributed by atoms with Crippen LogP contribution in [0.15, 0.2) is 40.9 Å². The Morgan fingerprint density at radius 2 is 2.33 bits per heavy atom. The number of nitrogens with two attached hydrogens (primary N) is 1. The molecule has 0 radical (unpaired) electrons. The minimum absolute atomic E-state index is 0.0153. The monoisotopic (exact) mass is 279 g/mol. The lowest BCUT2D eigenvalue weighted by Crippen LogP contribution is -2.24. The molecule has 0 aliphatic heterocycles. The van der Waals surface area contributed by atoms with E-state index in [9.17, 15) is 4.79 Å². The lowest BCUT2D eigenvalue weighted by atomic mass is 10.4. The fourth-order valence-electron chi connectivity index (χ4n) is 1.31. The van der Waals surface area contributed by atoms with Gasteiger partial charge in [-0.25, -0.2) is 4.98 Å². The molecule has 2 heterocycles. The van der Waals surface area contributed by atoms with E-state index < -0.39 is 0 Å². The van der Waals surface area contributed by atoms with Gasteiger partial charge in [-0.15, -0.1) is 11.3 Å². The highest BCUT2D eigenvalue weighted by Gasteiger charge is 2.06. The summed E-state index contributed by atoms with van der Waals surface area (Å²) in [4.78, 5) is 16.9. The minimum Gasteiger partial charge on any atom is -0.397 e. The van der Waals surface area contributed by atoms with E-state index in [-0.39, 0.29) is 5.91 Å². The van der Waals surface area contributed by atoms with Gasteiger partial charge < -0.3 is 11.1 Å². The largest absolute Gasteiger partial charge is 0.397 e. The van der Waals surface area contributed by atoms with Gasteiger partial charge in [0.1, 0.15) is 5.03 Å². The van der Waals surface area contributed by atoms with Gasteiger partial charge in [-0.3, -0.25) is 4.79 Å². The van der Waals surface area contributed by atoms with Crippen LogP contribution >= 0.6 is 23.1 Å².